The summed E-state index contributed by atoms with van der Waals surface area (Å²) in [5.41, 5.74) is 1.07. The number of methoxy groups -OCH3 is 2. The highest BCUT2D eigenvalue weighted by molar-refractivity contribution is 7.99. The van der Waals surface area contributed by atoms with E-state index in [2.05, 4.69) is 6.92 Å². The second-order valence-electron chi connectivity index (χ2n) is 5.77. The van der Waals surface area contributed by atoms with Gasteiger partial charge in [-0.15, -0.1) is 11.8 Å². The molecule has 0 aromatic heterocycles. The van der Waals surface area contributed by atoms with Gasteiger partial charge in [0, 0.05) is 24.8 Å². The quantitative estimate of drug-likeness (QED) is 0.665. The van der Waals surface area contributed by atoms with Crippen LogP contribution in [0.15, 0.2) is 18.2 Å². The third-order valence-corrected chi connectivity index (χ3v) is 5.38. The standard InChI is InChI=1S/C18H27NO3S/c1-4-5-6-7-8-17(20)19-9-10-23-18(19)14-11-15(21-2)13-16(12-14)22-3/h11-13,18H,4-10H2,1-3H3/t18-/m0/s1. The van der Waals surface area contributed by atoms with Gasteiger partial charge < -0.3 is 14.4 Å². The molecular formula is C18H27NO3S. The Kier molecular flexibility index (Phi) is 7.09. The minimum absolute atomic E-state index is 0.0673. The number of carbonyl (C=O) groups is 1. The molecule has 0 saturated carbocycles. The number of carbonyl (C=O) groups excluding carboxylic acids is 1. The molecule has 1 aromatic rings. The summed E-state index contributed by atoms with van der Waals surface area (Å²) in [6, 6.07) is 5.87. The van der Waals surface area contributed by atoms with Crippen LogP contribution < -0.4 is 9.47 Å². The maximum atomic E-state index is 12.6. The van der Waals surface area contributed by atoms with Crippen molar-refractivity contribution in [3.8, 4) is 11.5 Å². The molecule has 2 rings (SSSR count). The van der Waals surface area contributed by atoms with Gasteiger partial charge in [-0.05, 0) is 24.1 Å². The Morgan fingerprint density at radius 1 is 1.17 bits per heavy atom. The first-order valence-electron chi connectivity index (χ1n) is 8.33. The van der Waals surface area contributed by atoms with Crippen LogP contribution in [0.1, 0.15) is 50.0 Å². The highest BCUT2D eigenvalue weighted by Gasteiger charge is 2.30. The maximum Gasteiger partial charge on any atom is 0.223 e. The van der Waals surface area contributed by atoms with Crippen molar-refractivity contribution in [2.75, 3.05) is 26.5 Å². The van der Waals surface area contributed by atoms with Crippen molar-refractivity contribution in [3.63, 3.8) is 0 Å². The van der Waals surface area contributed by atoms with Gasteiger partial charge in [0.15, 0.2) is 0 Å². The second-order valence-corrected chi connectivity index (χ2v) is 6.96. The summed E-state index contributed by atoms with van der Waals surface area (Å²) in [5.74, 6) is 2.77. The third-order valence-electron chi connectivity index (χ3n) is 4.11. The molecule has 5 heteroatoms. The van der Waals surface area contributed by atoms with Gasteiger partial charge in [-0.25, -0.2) is 0 Å². The predicted molar refractivity (Wildman–Crippen MR) is 95.2 cm³/mol. The van der Waals surface area contributed by atoms with Crippen LogP contribution in [0.25, 0.3) is 0 Å². The average molecular weight is 337 g/mol. The van der Waals surface area contributed by atoms with Crippen LogP contribution in [0.2, 0.25) is 0 Å². The Bertz CT molecular complexity index is 499. The zero-order chi connectivity index (χ0) is 16.7. The summed E-state index contributed by atoms with van der Waals surface area (Å²) in [4.78, 5) is 14.6. The molecule has 4 nitrogen and oxygen atoms in total. The summed E-state index contributed by atoms with van der Waals surface area (Å²) in [5, 5.41) is 0.0673. The first kappa shape index (κ1) is 18.0. The number of unbranched alkanes of at least 4 members (excludes halogenated alkanes) is 3. The van der Waals surface area contributed by atoms with Crippen LogP contribution in [0.5, 0.6) is 11.5 Å². The van der Waals surface area contributed by atoms with Crippen LogP contribution in [0.4, 0.5) is 0 Å². The molecule has 1 saturated heterocycles. The second kappa shape index (κ2) is 9.06. The van der Waals surface area contributed by atoms with Crippen molar-refractivity contribution in [3.05, 3.63) is 23.8 Å². The van der Waals surface area contributed by atoms with Crippen molar-refractivity contribution in [2.45, 2.75) is 44.4 Å². The molecule has 0 N–H and O–H groups in total. The molecule has 23 heavy (non-hydrogen) atoms. The lowest BCUT2D eigenvalue weighted by molar-refractivity contribution is -0.131. The van der Waals surface area contributed by atoms with E-state index in [0.29, 0.717) is 6.42 Å². The van der Waals surface area contributed by atoms with E-state index in [-0.39, 0.29) is 11.3 Å². The first-order chi connectivity index (χ1) is 11.2. The number of rotatable bonds is 8. The zero-order valence-electron chi connectivity index (χ0n) is 14.3. The van der Waals surface area contributed by atoms with Crippen molar-refractivity contribution < 1.29 is 14.3 Å². The number of hydrogen-bond acceptors (Lipinski definition) is 4. The number of benzene rings is 1. The normalized spacial score (nSPS) is 17.3. The topological polar surface area (TPSA) is 38.8 Å². The van der Waals surface area contributed by atoms with Crippen molar-refractivity contribution in [2.24, 2.45) is 0 Å². The average Bonchev–Trinajstić information content (AvgIpc) is 3.07. The van der Waals surface area contributed by atoms with Gasteiger partial charge in [0.2, 0.25) is 5.91 Å². The summed E-state index contributed by atoms with van der Waals surface area (Å²) in [6.45, 7) is 3.01. The Labute approximate surface area is 143 Å². The molecule has 0 bridgehead atoms. The Morgan fingerprint density at radius 2 is 1.87 bits per heavy atom. The lowest BCUT2D eigenvalue weighted by Gasteiger charge is -2.25. The van der Waals surface area contributed by atoms with Gasteiger partial charge in [-0.2, -0.15) is 0 Å². The minimum Gasteiger partial charge on any atom is -0.497 e. The number of thioether (sulfide) groups is 1. The number of amides is 1. The smallest absolute Gasteiger partial charge is 0.223 e. The zero-order valence-corrected chi connectivity index (χ0v) is 15.2. The molecule has 0 unspecified atom stereocenters. The minimum atomic E-state index is 0.0673. The van der Waals surface area contributed by atoms with E-state index >= 15 is 0 Å². The fraction of sp³-hybridized carbons (Fsp3) is 0.611. The Morgan fingerprint density at radius 3 is 2.48 bits per heavy atom. The van der Waals surface area contributed by atoms with E-state index in [1.54, 1.807) is 14.2 Å². The van der Waals surface area contributed by atoms with E-state index in [1.807, 2.05) is 34.9 Å². The summed E-state index contributed by atoms with van der Waals surface area (Å²) in [6.07, 6.45) is 5.18. The van der Waals surface area contributed by atoms with Crippen LogP contribution in [-0.4, -0.2) is 37.3 Å². The van der Waals surface area contributed by atoms with Gasteiger partial charge in [-0.3, -0.25) is 4.79 Å². The SMILES string of the molecule is CCCCCCC(=O)N1CCS[C@H]1c1cc(OC)cc(OC)c1. The fourth-order valence-electron chi connectivity index (χ4n) is 2.82. The van der Waals surface area contributed by atoms with Gasteiger partial charge >= 0.3 is 0 Å². The number of ether oxygens (including phenoxy) is 2. The maximum absolute atomic E-state index is 12.6. The van der Waals surface area contributed by atoms with Gasteiger partial charge in [0.1, 0.15) is 16.9 Å². The van der Waals surface area contributed by atoms with Crippen molar-refractivity contribution in [1.29, 1.82) is 0 Å². The monoisotopic (exact) mass is 337 g/mol. The molecule has 1 fully saturated rings. The van der Waals surface area contributed by atoms with E-state index in [1.165, 1.54) is 12.8 Å². The Balaban J connectivity index is 2.07. The largest absolute Gasteiger partial charge is 0.497 e. The lowest BCUT2D eigenvalue weighted by atomic mass is 10.1. The molecule has 1 heterocycles. The number of hydrogen-bond donors (Lipinski definition) is 0. The molecule has 0 spiro atoms. The predicted octanol–water partition coefficient (Wildman–Crippen LogP) is 4.25. The number of nitrogens with zero attached hydrogens (tertiary/aromatic N) is 1. The highest BCUT2D eigenvalue weighted by Crippen LogP contribution is 2.41. The summed E-state index contributed by atoms with van der Waals surface area (Å²) < 4.78 is 10.7. The Hall–Kier alpha value is -1.36. The molecule has 1 amide bonds. The van der Waals surface area contributed by atoms with Gasteiger partial charge in [-0.1, -0.05) is 26.2 Å². The van der Waals surface area contributed by atoms with E-state index < -0.39 is 0 Å². The molecule has 1 atom stereocenters. The molecule has 1 aromatic carbocycles. The third kappa shape index (κ3) is 4.80. The van der Waals surface area contributed by atoms with E-state index in [4.69, 9.17) is 9.47 Å². The molecule has 0 aliphatic carbocycles. The summed E-state index contributed by atoms with van der Waals surface area (Å²) >= 11 is 1.81. The van der Waals surface area contributed by atoms with Crippen LogP contribution in [0, 0.1) is 0 Å². The first-order valence-corrected chi connectivity index (χ1v) is 9.38. The molecule has 128 valence electrons. The van der Waals surface area contributed by atoms with Crippen LogP contribution >= 0.6 is 11.8 Å². The van der Waals surface area contributed by atoms with Gasteiger partial charge in [0.05, 0.1) is 14.2 Å². The molecular weight excluding hydrogens is 310 g/mol. The summed E-state index contributed by atoms with van der Waals surface area (Å²) in [7, 11) is 3.30. The molecule has 1 aliphatic rings. The van der Waals surface area contributed by atoms with Crippen LogP contribution in [-0.2, 0) is 4.79 Å². The molecule has 0 radical (unpaired) electrons. The lowest BCUT2D eigenvalue weighted by Crippen LogP contribution is -2.30. The van der Waals surface area contributed by atoms with E-state index in [0.717, 1.165) is 42.2 Å². The highest BCUT2D eigenvalue weighted by atomic mass is 32.2. The van der Waals surface area contributed by atoms with E-state index in [9.17, 15) is 4.79 Å². The van der Waals surface area contributed by atoms with Crippen molar-refractivity contribution in [1.82, 2.24) is 4.90 Å². The van der Waals surface area contributed by atoms with Crippen molar-refractivity contribution >= 4 is 17.7 Å². The fourth-order valence-corrected chi connectivity index (χ4v) is 4.08. The molecule has 1 aliphatic heterocycles. The van der Waals surface area contributed by atoms with Gasteiger partial charge in [0.25, 0.3) is 0 Å². The van der Waals surface area contributed by atoms with Crippen LogP contribution in [0.3, 0.4) is 0 Å².